The highest BCUT2D eigenvalue weighted by atomic mass is 16.2. The van der Waals surface area contributed by atoms with Crippen LogP contribution in [0.3, 0.4) is 0 Å². The SMILES string of the molecule is CC1=NN(Cc2ccccc2)C2NC3C(C(=O)N(Cc4ccccc4)C(=O)N3C)N2C1C. The fourth-order valence-corrected chi connectivity index (χ4v) is 4.85. The second-order valence-electron chi connectivity index (χ2n) is 8.68. The maximum atomic E-state index is 13.7. The predicted molar refractivity (Wildman–Crippen MR) is 121 cm³/mol. The lowest BCUT2D eigenvalue weighted by Crippen LogP contribution is -2.67. The smallest absolute Gasteiger partial charge is 0.310 e. The molecule has 5 rings (SSSR count). The molecule has 4 unspecified atom stereocenters. The Morgan fingerprint density at radius 3 is 2.16 bits per heavy atom. The highest BCUT2D eigenvalue weighted by Crippen LogP contribution is 2.34. The first-order valence-corrected chi connectivity index (χ1v) is 11.0. The van der Waals surface area contributed by atoms with Gasteiger partial charge in [-0.25, -0.2) is 9.69 Å². The Bertz CT molecular complexity index is 1040. The Balaban J connectivity index is 1.46. The van der Waals surface area contributed by atoms with Crippen LogP contribution in [0.25, 0.3) is 0 Å². The van der Waals surface area contributed by atoms with Crippen LogP contribution in [-0.4, -0.2) is 68.9 Å². The van der Waals surface area contributed by atoms with Gasteiger partial charge in [0.05, 0.1) is 24.8 Å². The molecule has 8 heteroatoms. The molecule has 0 bridgehead atoms. The molecule has 3 heterocycles. The highest BCUT2D eigenvalue weighted by molar-refractivity contribution is 6.01. The number of nitrogens with one attached hydrogen (secondary N) is 1. The summed E-state index contributed by atoms with van der Waals surface area (Å²) in [4.78, 5) is 32.0. The van der Waals surface area contributed by atoms with Crippen LogP contribution in [0.15, 0.2) is 65.8 Å². The first-order chi connectivity index (χ1) is 15.5. The van der Waals surface area contributed by atoms with Crippen molar-refractivity contribution in [1.82, 2.24) is 25.0 Å². The minimum atomic E-state index is -0.481. The number of hydrogen-bond donors (Lipinski definition) is 1. The lowest BCUT2D eigenvalue weighted by atomic mass is 10.0. The van der Waals surface area contributed by atoms with Gasteiger partial charge in [0.2, 0.25) is 0 Å². The maximum absolute atomic E-state index is 13.7. The number of carbonyl (C=O) groups is 2. The minimum Gasteiger partial charge on any atom is -0.310 e. The van der Waals surface area contributed by atoms with Gasteiger partial charge in [0.15, 0.2) is 6.29 Å². The van der Waals surface area contributed by atoms with Crippen molar-refractivity contribution in [3.8, 4) is 0 Å². The molecule has 8 nitrogen and oxygen atoms in total. The van der Waals surface area contributed by atoms with E-state index in [1.54, 1.807) is 11.9 Å². The monoisotopic (exact) mass is 432 g/mol. The molecule has 32 heavy (non-hydrogen) atoms. The quantitative estimate of drug-likeness (QED) is 0.803. The molecule has 166 valence electrons. The number of imide groups is 1. The molecule has 3 aliphatic rings. The molecule has 0 radical (unpaired) electrons. The van der Waals surface area contributed by atoms with Gasteiger partial charge in [-0.15, -0.1) is 0 Å². The number of fused-ring (bicyclic) bond motifs is 3. The van der Waals surface area contributed by atoms with E-state index in [4.69, 9.17) is 5.10 Å². The lowest BCUT2D eigenvalue weighted by Gasteiger charge is -2.45. The molecule has 0 aliphatic carbocycles. The standard InChI is InChI=1S/C24H28N6O2/c1-16-17(2)30-20-21(25-23(30)29(26-16)15-19-12-8-5-9-13-19)27(3)24(32)28(22(20)31)14-18-10-6-4-7-11-18/h4-13,17,20-21,23,25H,14-15H2,1-3H3. The summed E-state index contributed by atoms with van der Waals surface area (Å²) in [6.07, 6.45) is -0.686. The molecule has 4 atom stereocenters. The number of urea groups is 1. The summed E-state index contributed by atoms with van der Waals surface area (Å²) in [5, 5.41) is 10.3. The lowest BCUT2D eigenvalue weighted by molar-refractivity contribution is -0.140. The molecule has 2 aromatic rings. The number of amides is 3. The van der Waals surface area contributed by atoms with E-state index < -0.39 is 12.2 Å². The van der Waals surface area contributed by atoms with Gasteiger partial charge in [-0.05, 0) is 25.0 Å². The van der Waals surface area contributed by atoms with Crippen molar-refractivity contribution in [2.24, 2.45) is 5.10 Å². The summed E-state index contributed by atoms with van der Waals surface area (Å²) in [6.45, 7) is 4.94. The zero-order valence-electron chi connectivity index (χ0n) is 18.5. The molecule has 2 fully saturated rings. The van der Waals surface area contributed by atoms with Crippen molar-refractivity contribution >= 4 is 17.6 Å². The van der Waals surface area contributed by atoms with Gasteiger partial charge in [-0.1, -0.05) is 60.7 Å². The Morgan fingerprint density at radius 2 is 1.53 bits per heavy atom. The third kappa shape index (κ3) is 3.36. The zero-order valence-corrected chi connectivity index (χ0v) is 18.5. The summed E-state index contributed by atoms with van der Waals surface area (Å²) >= 11 is 0. The van der Waals surface area contributed by atoms with Crippen molar-refractivity contribution in [2.45, 2.75) is 51.5 Å². The van der Waals surface area contributed by atoms with Crippen LogP contribution in [0.5, 0.6) is 0 Å². The second-order valence-corrected chi connectivity index (χ2v) is 8.68. The first-order valence-electron chi connectivity index (χ1n) is 11.0. The van der Waals surface area contributed by atoms with E-state index >= 15 is 0 Å². The van der Waals surface area contributed by atoms with Crippen LogP contribution in [0.1, 0.15) is 25.0 Å². The Kier molecular flexibility index (Phi) is 5.19. The van der Waals surface area contributed by atoms with E-state index in [2.05, 4.69) is 29.3 Å². The number of likely N-dealkylation sites (N-methyl/N-ethyl adjacent to an activating group) is 1. The first kappa shape index (κ1) is 20.7. The third-order valence-electron chi connectivity index (χ3n) is 6.68. The number of hydrogen-bond acceptors (Lipinski definition) is 6. The maximum Gasteiger partial charge on any atom is 0.328 e. The minimum absolute atomic E-state index is 0.0290. The van der Waals surface area contributed by atoms with Crippen LogP contribution in [0.4, 0.5) is 4.79 Å². The molecule has 2 aromatic carbocycles. The van der Waals surface area contributed by atoms with Crippen molar-refractivity contribution in [3.05, 3.63) is 71.8 Å². The summed E-state index contributed by atoms with van der Waals surface area (Å²) in [7, 11) is 1.76. The zero-order chi connectivity index (χ0) is 22.4. The number of carbonyl (C=O) groups excluding carboxylic acids is 2. The molecule has 0 saturated carbocycles. The molecule has 3 amide bonds. The van der Waals surface area contributed by atoms with Crippen LogP contribution in [-0.2, 0) is 17.9 Å². The van der Waals surface area contributed by atoms with E-state index in [9.17, 15) is 9.59 Å². The van der Waals surface area contributed by atoms with Gasteiger partial charge in [-0.3, -0.25) is 20.0 Å². The molecular weight excluding hydrogens is 404 g/mol. The van der Waals surface area contributed by atoms with Gasteiger partial charge < -0.3 is 4.90 Å². The summed E-state index contributed by atoms with van der Waals surface area (Å²) in [6, 6.07) is 19.0. The largest absolute Gasteiger partial charge is 0.328 e. The van der Waals surface area contributed by atoms with Crippen molar-refractivity contribution < 1.29 is 9.59 Å². The van der Waals surface area contributed by atoms with Crippen LogP contribution in [0.2, 0.25) is 0 Å². The number of rotatable bonds is 4. The third-order valence-corrected chi connectivity index (χ3v) is 6.68. The summed E-state index contributed by atoms with van der Waals surface area (Å²) in [5.41, 5.74) is 3.01. The fourth-order valence-electron chi connectivity index (χ4n) is 4.85. The van der Waals surface area contributed by atoms with E-state index in [0.717, 1.165) is 16.8 Å². The van der Waals surface area contributed by atoms with Gasteiger partial charge in [0, 0.05) is 7.05 Å². The van der Waals surface area contributed by atoms with Gasteiger partial charge >= 0.3 is 6.03 Å². The molecule has 3 aliphatic heterocycles. The average Bonchev–Trinajstić information content (AvgIpc) is 3.22. The van der Waals surface area contributed by atoms with Crippen molar-refractivity contribution in [3.63, 3.8) is 0 Å². The van der Waals surface area contributed by atoms with E-state index in [-0.39, 0.29) is 30.8 Å². The van der Waals surface area contributed by atoms with E-state index in [1.807, 2.05) is 60.5 Å². The number of benzene rings is 2. The molecule has 0 aromatic heterocycles. The average molecular weight is 433 g/mol. The summed E-state index contributed by atoms with van der Waals surface area (Å²) < 4.78 is 0. The topological polar surface area (TPSA) is 71.5 Å². The Morgan fingerprint density at radius 1 is 0.938 bits per heavy atom. The summed E-state index contributed by atoms with van der Waals surface area (Å²) in [5.74, 6) is -0.168. The number of hydrazone groups is 1. The normalized spacial score (nSPS) is 28.0. The van der Waals surface area contributed by atoms with Gasteiger partial charge in [0.1, 0.15) is 12.2 Å². The fraction of sp³-hybridized carbons (Fsp3) is 0.375. The molecule has 1 N–H and O–H groups in total. The van der Waals surface area contributed by atoms with Crippen molar-refractivity contribution in [1.29, 1.82) is 0 Å². The predicted octanol–water partition coefficient (Wildman–Crippen LogP) is 2.24. The van der Waals surface area contributed by atoms with E-state index in [0.29, 0.717) is 6.54 Å². The molecular formula is C24H28N6O2. The van der Waals surface area contributed by atoms with Crippen molar-refractivity contribution in [2.75, 3.05) is 7.05 Å². The Labute approximate surface area is 188 Å². The van der Waals surface area contributed by atoms with Crippen LogP contribution in [0, 0.1) is 0 Å². The van der Waals surface area contributed by atoms with Crippen LogP contribution < -0.4 is 5.32 Å². The van der Waals surface area contributed by atoms with Gasteiger partial charge in [0.25, 0.3) is 5.91 Å². The molecule has 0 spiro atoms. The second kappa shape index (κ2) is 8.03. The highest BCUT2D eigenvalue weighted by Gasteiger charge is 2.57. The van der Waals surface area contributed by atoms with Gasteiger partial charge in [-0.2, -0.15) is 5.10 Å². The van der Waals surface area contributed by atoms with Crippen LogP contribution >= 0.6 is 0 Å². The van der Waals surface area contributed by atoms with E-state index in [1.165, 1.54) is 4.90 Å². The Hall–Kier alpha value is -3.23. The number of nitrogens with zero attached hydrogens (tertiary/aromatic N) is 5. The molecule has 2 saturated heterocycles.